The number of rotatable bonds is 16. The van der Waals surface area contributed by atoms with Gasteiger partial charge in [0.05, 0.1) is 53.6 Å². The Morgan fingerprint density at radius 3 is 2.54 bits per heavy atom. The van der Waals surface area contributed by atoms with Crippen LogP contribution in [0.25, 0.3) is 16.8 Å². The summed E-state index contributed by atoms with van der Waals surface area (Å²) in [6, 6.07) is 8.78. The predicted octanol–water partition coefficient (Wildman–Crippen LogP) is 4.87. The summed E-state index contributed by atoms with van der Waals surface area (Å²) in [7, 11) is 1.91. The van der Waals surface area contributed by atoms with Gasteiger partial charge in [-0.2, -0.15) is 5.10 Å². The number of hydrogen-bond acceptors (Lipinski definition) is 11. The largest absolute Gasteiger partial charge is 0.493 e. The predicted molar refractivity (Wildman–Crippen MR) is 211 cm³/mol. The molecule has 4 aliphatic rings. The molecule has 1 unspecified atom stereocenters. The number of nitrogens with zero attached hydrogens (tertiary/aromatic N) is 8. The first-order valence-corrected chi connectivity index (χ1v) is 20.0. The second-order valence-corrected chi connectivity index (χ2v) is 15.3. The fraction of sp³-hybridized carbons (Fsp3) is 0.463. The second-order valence-electron chi connectivity index (χ2n) is 15.3. The van der Waals surface area contributed by atoms with E-state index in [0.717, 1.165) is 79.1 Å². The Morgan fingerprint density at radius 2 is 1.75 bits per heavy atom. The highest BCUT2D eigenvalue weighted by atomic mass is 16.5. The quantitative estimate of drug-likeness (QED) is 0.106. The molecule has 1 aromatic carbocycles. The average molecular weight is 762 g/mol. The number of nitrogens with one attached hydrogen (secondary N) is 3. The van der Waals surface area contributed by atoms with E-state index in [1.807, 2.05) is 42.3 Å². The monoisotopic (exact) mass is 761 g/mol. The summed E-state index contributed by atoms with van der Waals surface area (Å²) >= 11 is 0. The maximum absolute atomic E-state index is 13.3. The van der Waals surface area contributed by atoms with Crippen molar-refractivity contribution in [2.45, 2.75) is 82.7 Å². The second kappa shape index (κ2) is 16.7. The van der Waals surface area contributed by atoms with Crippen LogP contribution in [0.3, 0.4) is 0 Å². The number of aryl methyl sites for hydroxylation is 1. The number of unbranched alkanes of at least 4 members (excludes halogenated alkanes) is 6. The zero-order valence-corrected chi connectivity index (χ0v) is 32.1. The number of piperidine rings is 2. The molecule has 15 nitrogen and oxygen atoms in total. The third kappa shape index (κ3) is 8.05. The minimum atomic E-state index is -0.829. The highest BCUT2D eigenvalue weighted by Crippen LogP contribution is 2.34. The first-order valence-electron chi connectivity index (χ1n) is 20.0. The Balaban J connectivity index is 0.691. The molecule has 0 aliphatic carbocycles. The number of hydrogen-bond donors (Lipinski definition) is 3. The summed E-state index contributed by atoms with van der Waals surface area (Å²) in [4.78, 5) is 47.2. The van der Waals surface area contributed by atoms with E-state index in [0.29, 0.717) is 55.0 Å². The van der Waals surface area contributed by atoms with Gasteiger partial charge in [0, 0.05) is 49.8 Å². The lowest BCUT2D eigenvalue weighted by Crippen LogP contribution is -2.51. The number of allylic oxidation sites excluding steroid dienone is 1. The van der Waals surface area contributed by atoms with Gasteiger partial charge in [-0.15, -0.1) is 5.10 Å². The van der Waals surface area contributed by atoms with Gasteiger partial charge in [0.2, 0.25) is 11.9 Å². The molecular formula is C41H51N11O4. The number of carbonyl (C=O) groups is 3. The van der Waals surface area contributed by atoms with Crippen LogP contribution in [0.2, 0.25) is 0 Å². The van der Waals surface area contributed by atoms with E-state index in [9.17, 15) is 14.4 Å². The minimum Gasteiger partial charge on any atom is -0.493 e. The van der Waals surface area contributed by atoms with Crippen LogP contribution in [0.4, 0.5) is 5.95 Å². The van der Waals surface area contributed by atoms with Crippen LogP contribution in [0.1, 0.15) is 91.3 Å². The molecule has 1 atom stereocenters. The Labute approximate surface area is 326 Å². The minimum absolute atomic E-state index is 0.264. The van der Waals surface area contributed by atoms with Gasteiger partial charge in [0.25, 0.3) is 11.8 Å². The summed E-state index contributed by atoms with van der Waals surface area (Å²) in [6.45, 7) is 8.35. The maximum atomic E-state index is 13.3. The van der Waals surface area contributed by atoms with Crippen molar-refractivity contribution < 1.29 is 19.1 Å². The molecule has 7 heterocycles. The third-order valence-corrected chi connectivity index (χ3v) is 11.3. The molecule has 0 bridgehead atoms. The molecule has 0 spiro atoms. The van der Waals surface area contributed by atoms with Crippen LogP contribution in [-0.2, 0) is 11.8 Å². The molecule has 0 saturated carbocycles. The molecule has 56 heavy (non-hydrogen) atoms. The molecule has 3 aromatic heterocycles. The lowest BCUT2D eigenvalue weighted by Gasteiger charge is -2.36. The number of amides is 3. The van der Waals surface area contributed by atoms with Crippen LogP contribution >= 0.6 is 0 Å². The van der Waals surface area contributed by atoms with E-state index in [1.165, 1.54) is 25.7 Å². The van der Waals surface area contributed by atoms with Gasteiger partial charge in [-0.05, 0) is 69.3 Å². The number of anilines is 1. The summed E-state index contributed by atoms with van der Waals surface area (Å²) in [5.74, 6) is -0.295. The standard InChI is InChI=1S/C41H51N11O4/c1-28-13-15-35(38(53)45-28)51-39(54)33-11-10-12-36(37(33)40(51)55)56-22-9-7-5-3-4-6-8-19-49-20-17-31(18-21-49)50-27-30(24-44-50)46-41-42-25-32-14-16-34(52(32)47-41)29-23-43-48(2)26-29/h10-12,14,16,23,25-27,31,35,44H,1,3-9,13,15,17-22,24H2,2H3,(H,45,53)(H,46,47). The first kappa shape index (κ1) is 37.4. The van der Waals surface area contributed by atoms with Gasteiger partial charge >= 0.3 is 0 Å². The summed E-state index contributed by atoms with van der Waals surface area (Å²) in [5.41, 5.74) is 8.68. The number of aromatic nitrogens is 5. The van der Waals surface area contributed by atoms with E-state index in [1.54, 1.807) is 22.9 Å². The zero-order valence-electron chi connectivity index (χ0n) is 32.1. The number of carbonyl (C=O) groups excluding carboxylic acids is 3. The number of imide groups is 1. The molecule has 4 aromatic rings. The van der Waals surface area contributed by atoms with Gasteiger partial charge in [-0.1, -0.05) is 44.7 Å². The normalized spacial score (nSPS) is 19.2. The number of likely N-dealkylation sites (tertiary alicyclic amines) is 1. The fourth-order valence-corrected chi connectivity index (χ4v) is 8.23. The Kier molecular flexibility index (Phi) is 11.1. The highest BCUT2D eigenvalue weighted by molar-refractivity contribution is 6.24. The van der Waals surface area contributed by atoms with Gasteiger partial charge in [0.1, 0.15) is 11.8 Å². The van der Waals surface area contributed by atoms with Crippen LogP contribution < -0.4 is 20.8 Å². The van der Waals surface area contributed by atoms with E-state index >= 15 is 0 Å². The van der Waals surface area contributed by atoms with Gasteiger partial charge in [0.15, 0.2) is 0 Å². The van der Waals surface area contributed by atoms with E-state index in [-0.39, 0.29) is 11.5 Å². The number of ether oxygens (including phenoxy) is 1. The van der Waals surface area contributed by atoms with Crippen molar-refractivity contribution in [1.82, 2.24) is 49.9 Å². The average Bonchev–Trinajstić information content (AvgIpc) is 4.00. The van der Waals surface area contributed by atoms with Crippen LogP contribution in [0.15, 0.2) is 73.1 Å². The van der Waals surface area contributed by atoms with Crippen molar-refractivity contribution in [3.05, 3.63) is 84.2 Å². The van der Waals surface area contributed by atoms with Crippen molar-refractivity contribution in [3.8, 4) is 17.0 Å². The molecule has 294 valence electrons. The maximum Gasteiger partial charge on any atom is 0.266 e. The van der Waals surface area contributed by atoms with Crippen LogP contribution in [-0.4, -0.2) is 102 Å². The van der Waals surface area contributed by atoms with Gasteiger partial charge in [-0.25, -0.2) is 14.9 Å². The van der Waals surface area contributed by atoms with Crippen molar-refractivity contribution in [1.29, 1.82) is 0 Å². The molecule has 15 heteroatoms. The summed E-state index contributed by atoms with van der Waals surface area (Å²) in [5, 5.41) is 17.4. The van der Waals surface area contributed by atoms with Crippen molar-refractivity contribution in [2.24, 2.45) is 7.05 Å². The van der Waals surface area contributed by atoms with Crippen LogP contribution in [0, 0.1) is 0 Å². The molecule has 3 amide bonds. The van der Waals surface area contributed by atoms with Crippen molar-refractivity contribution in [2.75, 3.05) is 38.1 Å². The molecule has 2 saturated heterocycles. The lowest BCUT2D eigenvalue weighted by atomic mass is 10.0. The molecule has 4 aliphatic heterocycles. The van der Waals surface area contributed by atoms with Crippen molar-refractivity contribution in [3.63, 3.8) is 0 Å². The topological polar surface area (TPSA) is 154 Å². The van der Waals surface area contributed by atoms with Crippen LogP contribution in [0.5, 0.6) is 5.75 Å². The third-order valence-electron chi connectivity index (χ3n) is 11.3. The first-order chi connectivity index (χ1) is 27.3. The smallest absolute Gasteiger partial charge is 0.266 e. The summed E-state index contributed by atoms with van der Waals surface area (Å²) in [6.07, 6.45) is 18.9. The Morgan fingerprint density at radius 1 is 0.946 bits per heavy atom. The Bertz CT molecular complexity index is 2130. The lowest BCUT2D eigenvalue weighted by molar-refractivity contribution is -0.125. The highest BCUT2D eigenvalue weighted by Gasteiger charge is 2.45. The molecule has 8 rings (SSSR count). The number of benzene rings is 1. The fourth-order valence-electron chi connectivity index (χ4n) is 8.23. The number of fused-ring (bicyclic) bond motifs is 2. The van der Waals surface area contributed by atoms with E-state index in [4.69, 9.17) is 9.84 Å². The molecular weight excluding hydrogens is 711 g/mol. The number of hydrazine groups is 1. The van der Waals surface area contributed by atoms with Gasteiger partial charge < -0.3 is 25.3 Å². The molecule has 3 N–H and O–H groups in total. The molecule has 2 fully saturated rings. The van der Waals surface area contributed by atoms with E-state index < -0.39 is 17.9 Å². The SMILES string of the molecule is C=C1CCC(N2C(=O)c3cccc(OCCCCCCCCCN4CCC(N5C=C(Nc6ncc7ccc(-c8cnn(C)c8)n7n6)CN5)CC4)c3C2=O)C(=O)N1. The van der Waals surface area contributed by atoms with E-state index in [2.05, 4.69) is 48.8 Å². The van der Waals surface area contributed by atoms with Gasteiger partial charge in [-0.3, -0.25) is 24.0 Å². The molecule has 0 radical (unpaired) electrons. The Hall–Kier alpha value is -5.54. The summed E-state index contributed by atoms with van der Waals surface area (Å²) < 4.78 is 9.71. The zero-order chi connectivity index (χ0) is 38.6. The van der Waals surface area contributed by atoms with Crippen molar-refractivity contribution >= 4 is 29.2 Å².